The van der Waals surface area contributed by atoms with E-state index in [1.807, 2.05) is 0 Å². The molecule has 2 unspecified atom stereocenters. The third-order valence-corrected chi connectivity index (χ3v) is 5.28. The molecule has 2 aromatic heterocycles. The van der Waals surface area contributed by atoms with Gasteiger partial charge in [0.05, 0.1) is 16.8 Å². The number of benzene rings is 1. The minimum Gasteiger partial charge on any atom is -0.361 e. The van der Waals surface area contributed by atoms with E-state index in [-0.39, 0.29) is 11.4 Å². The van der Waals surface area contributed by atoms with Crippen LogP contribution < -0.4 is 5.32 Å². The lowest BCUT2D eigenvalue weighted by molar-refractivity contribution is 0.768. The van der Waals surface area contributed by atoms with Crippen molar-refractivity contribution in [3.05, 3.63) is 52.7 Å². The zero-order valence-corrected chi connectivity index (χ0v) is 13.1. The number of hydrogen-bond donors (Lipinski definition) is 1. The first-order valence-corrected chi connectivity index (χ1v) is 8.17. The van der Waals surface area contributed by atoms with E-state index in [1.54, 1.807) is 17.7 Å². The van der Waals surface area contributed by atoms with E-state index in [0.29, 0.717) is 0 Å². The maximum Gasteiger partial charge on any atom is 0.138 e. The van der Waals surface area contributed by atoms with Crippen LogP contribution in [0.5, 0.6) is 0 Å². The first-order chi connectivity index (χ1) is 10.2. The van der Waals surface area contributed by atoms with Crippen LogP contribution in [0.25, 0.3) is 10.2 Å². The van der Waals surface area contributed by atoms with Crippen LogP contribution in [-0.2, 0) is 6.42 Å². The second kappa shape index (κ2) is 4.97. The smallest absolute Gasteiger partial charge is 0.138 e. The molecule has 1 aliphatic carbocycles. The van der Waals surface area contributed by atoms with Gasteiger partial charge >= 0.3 is 0 Å². The minimum absolute atomic E-state index is 0.0483. The summed E-state index contributed by atoms with van der Waals surface area (Å²) in [5.74, 6) is 0.872. The van der Waals surface area contributed by atoms with Crippen LogP contribution in [0.2, 0.25) is 0 Å². The number of nitrogens with zero attached hydrogens (tertiary/aromatic N) is 2. The topological polar surface area (TPSA) is 37.8 Å². The van der Waals surface area contributed by atoms with Crippen molar-refractivity contribution in [2.45, 2.75) is 24.8 Å². The van der Waals surface area contributed by atoms with Gasteiger partial charge in [-0.15, -0.1) is 22.9 Å². The molecule has 0 aliphatic heterocycles. The molecule has 21 heavy (non-hydrogen) atoms. The van der Waals surface area contributed by atoms with Gasteiger partial charge in [-0.2, -0.15) is 0 Å². The molecule has 1 N–H and O–H groups in total. The Labute approximate surface area is 132 Å². The molecule has 1 aliphatic rings. The summed E-state index contributed by atoms with van der Waals surface area (Å²) >= 11 is 8.23. The molecule has 0 spiro atoms. The van der Waals surface area contributed by atoms with E-state index < -0.39 is 0 Å². The van der Waals surface area contributed by atoms with E-state index in [2.05, 4.69) is 52.5 Å². The van der Waals surface area contributed by atoms with Gasteiger partial charge in [0.1, 0.15) is 17.0 Å². The number of anilines is 1. The third kappa shape index (κ3) is 2.19. The number of alkyl halides is 1. The second-order valence-electron chi connectivity index (χ2n) is 5.34. The van der Waals surface area contributed by atoms with E-state index >= 15 is 0 Å². The van der Waals surface area contributed by atoms with E-state index in [0.717, 1.165) is 22.5 Å². The van der Waals surface area contributed by atoms with Crippen molar-refractivity contribution in [1.29, 1.82) is 0 Å². The molecule has 3 nitrogen and oxygen atoms in total. The van der Waals surface area contributed by atoms with Gasteiger partial charge in [-0.25, -0.2) is 9.97 Å². The molecular formula is C16H14ClN3S. The number of rotatable bonds is 2. The number of nitrogens with one attached hydrogen (secondary N) is 1. The fourth-order valence-corrected chi connectivity index (χ4v) is 4.16. The maximum absolute atomic E-state index is 6.55. The molecule has 0 radical (unpaired) electrons. The molecule has 0 fully saturated rings. The molecule has 0 saturated carbocycles. The first kappa shape index (κ1) is 13.0. The highest BCUT2D eigenvalue weighted by molar-refractivity contribution is 7.18. The number of aromatic nitrogens is 2. The van der Waals surface area contributed by atoms with Crippen LogP contribution in [0.4, 0.5) is 5.82 Å². The summed E-state index contributed by atoms with van der Waals surface area (Å²) in [6.45, 7) is 2.09. The van der Waals surface area contributed by atoms with Crippen molar-refractivity contribution < 1.29 is 0 Å². The van der Waals surface area contributed by atoms with Crippen LogP contribution in [0.3, 0.4) is 0 Å². The average Bonchev–Trinajstić information content (AvgIpc) is 3.00. The number of hydrogen-bond acceptors (Lipinski definition) is 4. The zero-order valence-electron chi connectivity index (χ0n) is 11.5. The fourth-order valence-electron chi connectivity index (χ4n) is 2.95. The van der Waals surface area contributed by atoms with Gasteiger partial charge in [-0.3, -0.25) is 0 Å². The standard InChI is InChI=1S/C16H14ClN3S/c1-9-6-12-15(18-8-19-16(12)21-9)20-14-11-5-3-2-4-10(11)7-13(14)17/h2-6,8,13-14H,7H2,1H3,(H,18,19,20). The second-order valence-corrected chi connectivity index (χ2v) is 7.13. The highest BCUT2D eigenvalue weighted by Gasteiger charge is 2.31. The van der Waals surface area contributed by atoms with Crippen molar-refractivity contribution in [2.24, 2.45) is 0 Å². The van der Waals surface area contributed by atoms with Gasteiger partial charge in [0.15, 0.2) is 0 Å². The van der Waals surface area contributed by atoms with Gasteiger partial charge in [0.25, 0.3) is 0 Å². The summed E-state index contributed by atoms with van der Waals surface area (Å²) in [6, 6.07) is 10.7. The largest absolute Gasteiger partial charge is 0.361 e. The Bertz CT molecular complexity index is 814. The summed E-state index contributed by atoms with van der Waals surface area (Å²) < 4.78 is 0. The van der Waals surface area contributed by atoms with E-state index in [9.17, 15) is 0 Å². The normalized spacial score (nSPS) is 20.7. The van der Waals surface area contributed by atoms with Crippen molar-refractivity contribution >= 4 is 39.0 Å². The molecule has 3 aromatic rings. The monoisotopic (exact) mass is 315 g/mol. The summed E-state index contributed by atoms with van der Waals surface area (Å²) in [4.78, 5) is 11.0. The van der Waals surface area contributed by atoms with Crippen LogP contribution >= 0.6 is 22.9 Å². The number of fused-ring (bicyclic) bond motifs is 2. The highest BCUT2D eigenvalue weighted by atomic mass is 35.5. The Kier molecular flexibility index (Phi) is 3.08. The van der Waals surface area contributed by atoms with Gasteiger partial charge in [0, 0.05) is 4.88 Å². The van der Waals surface area contributed by atoms with Crippen molar-refractivity contribution in [3.63, 3.8) is 0 Å². The van der Waals surface area contributed by atoms with Crippen LogP contribution in [0.1, 0.15) is 22.0 Å². The van der Waals surface area contributed by atoms with E-state index in [1.165, 1.54) is 16.0 Å². The Hall–Kier alpha value is -1.65. The van der Waals surface area contributed by atoms with Crippen LogP contribution in [-0.4, -0.2) is 15.3 Å². The first-order valence-electron chi connectivity index (χ1n) is 6.92. The Balaban J connectivity index is 1.75. The molecule has 4 rings (SSSR count). The third-order valence-electron chi connectivity index (χ3n) is 3.91. The van der Waals surface area contributed by atoms with Gasteiger partial charge in [-0.1, -0.05) is 24.3 Å². The summed E-state index contributed by atoms with van der Waals surface area (Å²) in [6.07, 6.45) is 2.51. The zero-order chi connectivity index (χ0) is 14.4. The fraction of sp³-hybridized carbons (Fsp3) is 0.250. The highest BCUT2D eigenvalue weighted by Crippen LogP contribution is 2.38. The van der Waals surface area contributed by atoms with Gasteiger partial charge in [0.2, 0.25) is 0 Å². The Morgan fingerprint density at radius 3 is 3.05 bits per heavy atom. The average molecular weight is 316 g/mol. The summed E-state index contributed by atoms with van der Waals surface area (Å²) in [7, 11) is 0. The van der Waals surface area contributed by atoms with Crippen LogP contribution in [0.15, 0.2) is 36.7 Å². The summed E-state index contributed by atoms with van der Waals surface area (Å²) in [5.41, 5.74) is 2.60. The van der Waals surface area contributed by atoms with E-state index in [4.69, 9.17) is 11.6 Å². The molecule has 0 bridgehead atoms. The molecule has 0 amide bonds. The number of aryl methyl sites for hydroxylation is 1. The lowest BCUT2D eigenvalue weighted by Gasteiger charge is -2.18. The van der Waals surface area contributed by atoms with Gasteiger partial charge in [-0.05, 0) is 30.5 Å². The van der Waals surface area contributed by atoms with Crippen molar-refractivity contribution in [1.82, 2.24) is 9.97 Å². The lowest BCUT2D eigenvalue weighted by atomic mass is 10.1. The molecular weight excluding hydrogens is 302 g/mol. The molecule has 2 heterocycles. The number of halogens is 1. The minimum atomic E-state index is 0.0483. The predicted molar refractivity (Wildman–Crippen MR) is 88.3 cm³/mol. The summed E-state index contributed by atoms with van der Waals surface area (Å²) in [5, 5.41) is 4.65. The molecule has 0 saturated heterocycles. The predicted octanol–water partition coefficient (Wildman–Crippen LogP) is 4.32. The number of thiophene rings is 1. The molecule has 2 atom stereocenters. The lowest BCUT2D eigenvalue weighted by Crippen LogP contribution is -2.17. The van der Waals surface area contributed by atoms with Crippen molar-refractivity contribution in [2.75, 3.05) is 5.32 Å². The van der Waals surface area contributed by atoms with Crippen LogP contribution in [0, 0.1) is 6.92 Å². The molecule has 5 heteroatoms. The van der Waals surface area contributed by atoms with Crippen molar-refractivity contribution in [3.8, 4) is 0 Å². The molecule has 1 aromatic carbocycles. The van der Waals surface area contributed by atoms with Gasteiger partial charge < -0.3 is 5.32 Å². The Morgan fingerprint density at radius 2 is 2.14 bits per heavy atom. The Morgan fingerprint density at radius 1 is 1.29 bits per heavy atom. The molecule has 106 valence electrons. The maximum atomic E-state index is 6.55. The quantitative estimate of drug-likeness (QED) is 0.716. The SMILES string of the molecule is Cc1cc2c(NC3c4ccccc4CC3Cl)ncnc2s1.